The summed E-state index contributed by atoms with van der Waals surface area (Å²) in [6.07, 6.45) is 6.64. The summed E-state index contributed by atoms with van der Waals surface area (Å²) in [5, 5.41) is 4.34. The summed E-state index contributed by atoms with van der Waals surface area (Å²) < 4.78 is 30.3. The highest BCUT2D eigenvalue weighted by molar-refractivity contribution is 7.86. The van der Waals surface area contributed by atoms with Gasteiger partial charge in [-0.3, -0.25) is 9.48 Å². The number of carbonyl (C=O) groups is 1. The van der Waals surface area contributed by atoms with Crippen LogP contribution in [0.5, 0.6) is 0 Å². The molecule has 3 aliphatic heterocycles. The van der Waals surface area contributed by atoms with Crippen LogP contribution in [-0.2, 0) is 23.2 Å². The van der Waals surface area contributed by atoms with E-state index in [1.165, 1.54) is 4.31 Å². The van der Waals surface area contributed by atoms with E-state index in [2.05, 4.69) is 5.10 Å². The lowest BCUT2D eigenvalue weighted by molar-refractivity contribution is 0.0693. The van der Waals surface area contributed by atoms with Crippen LogP contribution in [0.3, 0.4) is 0 Å². The van der Waals surface area contributed by atoms with Gasteiger partial charge in [-0.1, -0.05) is 0 Å². The average molecular weight is 367 g/mol. The van der Waals surface area contributed by atoms with Crippen molar-refractivity contribution in [2.75, 3.05) is 39.3 Å². The molecule has 2 fully saturated rings. The van der Waals surface area contributed by atoms with Gasteiger partial charge < -0.3 is 4.90 Å². The van der Waals surface area contributed by atoms with E-state index in [4.69, 9.17) is 0 Å². The molecule has 0 bridgehead atoms. The van der Waals surface area contributed by atoms with Gasteiger partial charge in [0.25, 0.3) is 16.1 Å². The van der Waals surface area contributed by atoms with Crippen molar-refractivity contribution in [1.82, 2.24) is 23.3 Å². The maximum absolute atomic E-state index is 12.8. The minimum atomic E-state index is -3.37. The first-order valence-corrected chi connectivity index (χ1v) is 10.6. The molecule has 1 aromatic rings. The minimum absolute atomic E-state index is 0.0126. The van der Waals surface area contributed by atoms with Crippen molar-refractivity contribution in [3.05, 3.63) is 17.5 Å². The zero-order valence-corrected chi connectivity index (χ0v) is 15.2. The molecule has 0 saturated carbocycles. The summed E-state index contributed by atoms with van der Waals surface area (Å²) in [6, 6.07) is 0. The van der Waals surface area contributed by atoms with Crippen molar-refractivity contribution in [2.24, 2.45) is 0 Å². The number of rotatable bonds is 3. The monoisotopic (exact) mass is 367 g/mol. The van der Waals surface area contributed by atoms with Crippen LogP contribution in [0.1, 0.15) is 41.7 Å². The van der Waals surface area contributed by atoms with E-state index < -0.39 is 10.2 Å². The summed E-state index contributed by atoms with van der Waals surface area (Å²) in [5.41, 5.74) is 1.72. The van der Waals surface area contributed by atoms with E-state index in [0.29, 0.717) is 44.8 Å². The highest BCUT2D eigenvalue weighted by atomic mass is 32.2. The Kier molecular flexibility index (Phi) is 4.55. The SMILES string of the molecule is O=C(c1cnn2c1CCCC2)N1CCN(S(=O)(=O)N2CCCC2)CC1. The molecule has 3 aliphatic rings. The third-order valence-corrected chi connectivity index (χ3v) is 7.49. The predicted octanol–water partition coefficient (Wildman–Crippen LogP) is 0.318. The number of amides is 1. The molecule has 0 atom stereocenters. The molecule has 9 heteroatoms. The molecule has 0 N–H and O–H groups in total. The molecule has 2 saturated heterocycles. The van der Waals surface area contributed by atoms with Crippen LogP contribution in [0.25, 0.3) is 0 Å². The van der Waals surface area contributed by atoms with E-state index in [1.54, 1.807) is 15.4 Å². The fourth-order valence-electron chi connectivity index (χ4n) is 3.97. The summed E-state index contributed by atoms with van der Waals surface area (Å²) in [7, 11) is -3.37. The Hall–Kier alpha value is -1.45. The third kappa shape index (κ3) is 3.09. The van der Waals surface area contributed by atoms with Crippen LogP contribution >= 0.6 is 0 Å². The standard InChI is InChI=1S/C16H25N5O3S/c22-16(14-13-17-21-8-2-1-5-15(14)21)18-9-11-20(12-10-18)25(23,24)19-6-3-4-7-19/h13H,1-12H2. The molecule has 4 heterocycles. The Bertz CT molecular complexity index is 746. The van der Waals surface area contributed by atoms with Crippen molar-refractivity contribution in [1.29, 1.82) is 0 Å². The van der Waals surface area contributed by atoms with Crippen LogP contribution in [0, 0.1) is 0 Å². The predicted molar refractivity (Wildman–Crippen MR) is 92.4 cm³/mol. The largest absolute Gasteiger partial charge is 0.336 e. The lowest BCUT2D eigenvalue weighted by atomic mass is 10.1. The number of aryl methyl sites for hydroxylation is 1. The second kappa shape index (κ2) is 6.69. The first kappa shape index (κ1) is 17.0. The molecular formula is C16H25N5O3S. The quantitative estimate of drug-likeness (QED) is 0.771. The number of piperazine rings is 1. The van der Waals surface area contributed by atoms with Gasteiger partial charge in [0.15, 0.2) is 0 Å². The molecular weight excluding hydrogens is 342 g/mol. The molecule has 0 spiro atoms. The van der Waals surface area contributed by atoms with Crippen molar-refractivity contribution in [2.45, 2.75) is 38.6 Å². The highest BCUT2D eigenvalue weighted by Gasteiger charge is 2.35. The first-order valence-electron chi connectivity index (χ1n) is 9.16. The summed E-state index contributed by atoms with van der Waals surface area (Å²) in [5.74, 6) is -0.0126. The van der Waals surface area contributed by atoms with Gasteiger partial charge in [0, 0.05) is 45.8 Å². The fourth-order valence-corrected chi connectivity index (χ4v) is 5.65. The number of aromatic nitrogens is 2. The van der Waals surface area contributed by atoms with Gasteiger partial charge in [-0.15, -0.1) is 0 Å². The third-order valence-electron chi connectivity index (χ3n) is 5.46. The molecule has 138 valence electrons. The molecule has 1 amide bonds. The van der Waals surface area contributed by atoms with Gasteiger partial charge >= 0.3 is 0 Å². The van der Waals surface area contributed by atoms with Crippen LogP contribution in [0.15, 0.2) is 6.20 Å². The molecule has 25 heavy (non-hydrogen) atoms. The number of hydrogen-bond acceptors (Lipinski definition) is 4. The average Bonchev–Trinajstić information content (AvgIpc) is 3.31. The Morgan fingerprint density at radius 3 is 2.24 bits per heavy atom. The second-order valence-corrected chi connectivity index (χ2v) is 8.92. The summed E-state index contributed by atoms with van der Waals surface area (Å²) in [6.45, 7) is 3.73. The smallest absolute Gasteiger partial charge is 0.282 e. The summed E-state index contributed by atoms with van der Waals surface area (Å²) in [4.78, 5) is 14.6. The van der Waals surface area contributed by atoms with E-state index in [9.17, 15) is 13.2 Å². The van der Waals surface area contributed by atoms with Crippen LogP contribution in [0.4, 0.5) is 0 Å². The van der Waals surface area contributed by atoms with Gasteiger partial charge in [0.2, 0.25) is 0 Å². The Morgan fingerprint density at radius 2 is 1.52 bits per heavy atom. The normalized spacial score (nSPS) is 23.0. The first-order chi connectivity index (χ1) is 12.1. The fraction of sp³-hybridized carbons (Fsp3) is 0.750. The molecule has 4 rings (SSSR count). The Morgan fingerprint density at radius 1 is 0.880 bits per heavy atom. The van der Waals surface area contributed by atoms with Crippen LogP contribution < -0.4 is 0 Å². The van der Waals surface area contributed by atoms with Gasteiger partial charge in [-0.2, -0.15) is 22.1 Å². The van der Waals surface area contributed by atoms with Crippen molar-refractivity contribution in [3.8, 4) is 0 Å². The number of hydrogen-bond donors (Lipinski definition) is 0. The Balaban J connectivity index is 1.42. The zero-order chi connectivity index (χ0) is 17.4. The molecule has 8 nitrogen and oxygen atoms in total. The van der Waals surface area contributed by atoms with Gasteiger partial charge in [-0.25, -0.2) is 0 Å². The topological polar surface area (TPSA) is 78.8 Å². The molecule has 1 aromatic heterocycles. The highest BCUT2D eigenvalue weighted by Crippen LogP contribution is 2.22. The maximum Gasteiger partial charge on any atom is 0.282 e. The van der Waals surface area contributed by atoms with Crippen molar-refractivity contribution >= 4 is 16.1 Å². The lowest BCUT2D eigenvalue weighted by Gasteiger charge is -2.35. The summed E-state index contributed by atoms with van der Waals surface area (Å²) >= 11 is 0. The molecule has 0 unspecified atom stereocenters. The molecule has 0 aliphatic carbocycles. The minimum Gasteiger partial charge on any atom is -0.336 e. The zero-order valence-electron chi connectivity index (χ0n) is 14.4. The second-order valence-electron chi connectivity index (χ2n) is 6.99. The maximum atomic E-state index is 12.8. The molecule has 0 aromatic carbocycles. The van der Waals surface area contributed by atoms with E-state index in [1.807, 2.05) is 4.68 Å². The van der Waals surface area contributed by atoms with Gasteiger partial charge in [-0.05, 0) is 32.1 Å². The van der Waals surface area contributed by atoms with Crippen LogP contribution in [0.2, 0.25) is 0 Å². The van der Waals surface area contributed by atoms with Gasteiger partial charge in [0.05, 0.1) is 17.5 Å². The van der Waals surface area contributed by atoms with E-state index >= 15 is 0 Å². The van der Waals surface area contributed by atoms with Crippen LogP contribution in [-0.4, -0.2) is 76.9 Å². The Labute approximate surface area is 148 Å². The van der Waals surface area contributed by atoms with E-state index in [0.717, 1.165) is 44.3 Å². The van der Waals surface area contributed by atoms with E-state index in [-0.39, 0.29) is 5.91 Å². The van der Waals surface area contributed by atoms with Gasteiger partial charge in [0.1, 0.15) is 0 Å². The number of carbonyl (C=O) groups excluding carboxylic acids is 1. The lowest BCUT2D eigenvalue weighted by Crippen LogP contribution is -2.53. The van der Waals surface area contributed by atoms with Crippen molar-refractivity contribution < 1.29 is 13.2 Å². The number of nitrogens with zero attached hydrogens (tertiary/aromatic N) is 5. The number of fused-ring (bicyclic) bond motifs is 1. The van der Waals surface area contributed by atoms with Crippen molar-refractivity contribution in [3.63, 3.8) is 0 Å². The molecule has 0 radical (unpaired) electrons.